The fraction of sp³-hybridized carbons (Fsp3) is 0.111. The summed E-state index contributed by atoms with van der Waals surface area (Å²) in [7, 11) is 0. The third-order valence-electron chi connectivity index (χ3n) is 1.26. The zero-order valence-corrected chi connectivity index (χ0v) is 6.34. The molecule has 0 saturated carbocycles. The molecular weight excluding hydrogens is 141 g/mol. The summed E-state index contributed by atoms with van der Waals surface area (Å²) in [5.74, 6) is -0.225. The molecule has 0 bridgehead atoms. The van der Waals surface area contributed by atoms with Gasteiger partial charge in [-0.2, -0.15) is 0 Å². The van der Waals surface area contributed by atoms with E-state index in [1.54, 1.807) is 25.1 Å². The molecule has 0 atom stereocenters. The largest absolute Gasteiger partial charge is 0.402 e. The molecule has 0 aromatic heterocycles. The van der Waals surface area contributed by atoms with E-state index in [-0.39, 0.29) is 5.82 Å². The number of halogens is 1. The van der Waals surface area contributed by atoms with Gasteiger partial charge in [-0.05, 0) is 30.7 Å². The van der Waals surface area contributed by atoms with Crippen molar-refractivity contribution in [3.63, 3.8) is 0 Å². The molecule has 0 saturated heterocycles. The minimum absolute atomic E-state index is 0.225. The van der Waals surface area contributed by atoms with Gasteiger partial charge in [0.1, 0.15) is 5.82 Å². The highest BCUT2D eigenvalue weighted by Gasteiger charge is 1.88. The van der Waals surface area contributed by atoms with Crippen molar-refractivity contribution in [1.29, 1.82) is 0 Å². The number of rotatable bonds is 1. The first-order chi connectivity index (χ1) is 5.18. The van der Waals surface area contributed by atoms with E-state index < -0.39 is 0 Å². The van der Waals surface area contributed by atoms with Crippen molar-refractivity contribution in [2.24, 2.45) is 5.73 Å². The van der Waals surface area contributed by atoms with Crippen molar-refractivity contribution < 1.29 is 4.39 Å². The van der Waals surface area contributed by atoms with Gasteiger partial charge in [0, 0.05) is 5.70 Å². The third kappa shape index (κ3) is 2.42. The van der Waals surface area contributed by atoms with Crippen molar-refractivity contribution >= 4 is 6.08 Å². The lowest BCUT2D eigenvalue weighted by Crippen LogP contribution is -1.89. The van der Waals surface area contributed by atoms with Gasteiger partial charge in [-0.1, -0.05) is 12.1 Å². The minimum Gasteiger partial charge on any atom is -0.402 e. The Morgan fingerprint density at radius 1 is 1.36 bits per heavy atom. The fourth-order valence-corrected chi connectivity index (χ4v) is 0.822. The van der Waals surface area contributed by atoms with E-state index in [4.69, 9.17) is 5.73 Å². The van der Waals surface area contributed by atoms with Crippen LogP contribution in [0.1, 0.15) is 12.5 Å². The van der Waals surface area contributed by atoms with Crippen LogP contribution in [0.15, 0.2) is 30.0 Å². The van der Waals surface area contributed by atoms with Gasteiger partial charge >= 0.3 is 0 Å². The Bertz CT molecular complexity index is 257. The van der Waals surface area contributed by atoms with Gasteiger partial charge in [-0.3, -0.25) is 0 Å². The zero-order valence-electron chi connectivity index (χ0n) is 6.34. The molecule has 0 spiro atoms. The van der Waals surface area contributed by atoms with Gasteiger partial charge in [0.15, 0.2) is 0 Å². The average Bonchev–Trinajstić information content (AvgIpc) is 1.93. The van der Waals surface area contributed by atoms with E-state index >= 15 is 0 Å². The predicted molar refractivity (Wildman–Crippen MR) is 44.2 cm³/mol. The number of nitrogens with two attached hydrogens (primary N) is 1. The Hall–Kier alpha value is -1.31. The first-order valence-electron chi connectivity index (χ1n) is 3.38. The topological polar surface area (TPSA) is 26.0 Å². The van der Waals surface area contributed by atoms with Crippen LogP contribution in [0.25, 0.3) is 6.08 Å². The molecule has 0 aliphatic rings. The first kappa shape index (κ1) is 7.79. The van der Waals surface area contributed by atoms with E-state index in [9.17, 15) is 4.39 Å². The second-order valence-corrected chi connectivity index (χ2v) is 2.44. The van der Waals surface area contributed by atoms with Crippen LogP contribution >= 0.6 is 0 Å². The van der Waals surface area contributed by atoms with Crippen molar-refractivity contribution in [3.8, 4) is 0 Å². The lowest BCUT2D eigenvalue weighted by atomic mass is 10.2. The first-order valence-corrected chi connectivity index (χ1v) is 3.38. The maximum absolute atomic E-state index is 12.4. The highest BCUT2D eigenvalue weighted by atomic mass is 19.1. The van der Waals surface area contributed by atoms with Crippen molar-refractivity contribution in [2.45, 2.75) is 6.92 Å². The highest BCUT2D eigenvalue weighted by molar-refractivity contribution is 5.51. The Morgan fingerprint density at radius 2 is 1.91 bits per heavy atom. The van der Waals surface area contributed by atoms with Crippen LogP contribution in [0.3, 0.4) is 0 Å². The molecule has 0 aliphatic carbocycles. The lowest BCUT2D eigenvalue weighted by molar-refractivity contribution is 0.628. The zero-order chi connectivity index (χ0) is 8.27. The standard InChI is InChI=1S/C9H10FN/c1-7(11)6-8-2-4-9(10)5-3-8/h2-6H,11H2,1H3/b7-6-. The Morgan fingerprint density at radius 3 is 2.36 bits per heavy atom. The van der Waals surface area contributed by atoms with Crippen molar-refractivity contribution in [1.82, 2.24) is 0 Å². The molecule has 2 heteroatoms. The second kappa shape index (κ2) is 3.19. The van der Waals surface area contributed by atoms with Gasteiger partial charge in [-0.25, -0.2) is 4.39 Å². The summed E-state index contributed by atoms with van der Waals surface area (Å²) in [4.78, 5) is 0. The van der Waals surface area contributed by atoms with Crippen LogP contribution in [0.5, 0.6) is 0 Å². The molecule has 0 radical (unpaired) electrons. The normalized spacial score (nSPS) is 11.6. The molecule has 1 nitrogen and oxygen atoms in total. The molecule has 0 heterocycles. The minimum atomic E-state index is -0.225. The van der Waals surface area contributed by atoms with Crippen molar-refractivity contribution in [3.05, 3.63) is 41.3 Å². The second-order valence-electron chi connectivity index (χ2n) is 2.44. The number of benzene rings is 1. The monoisotopic (exact) mass is 151 g/mol. The molecule has 2 N–H and O–H groups in total. The van der Waals surface area contributed by atoms with Crippen LogP contribution < -0.4 is 5.73 Å². The summed E-state index contributed by atoms with van der Waals surface area (Å²) in [6.45, 7) is 1.79. The Labute approximate surface area is 65.3 Å². The quantitative estimate of drug-likeness (QED) is 0.653. The van der Waals surface area contributed by atoms with Crippen LogP contribution in [-0.4, -0.2) is 0 Å². The molecule has 0 aliphatic heterocycles. The molecule has 1 aromatic carbocycles. The van der Waals surface area contributed by atoms with Crippen LogP contribution in [0.4, 0.5) is 4.39 Å². The number of hydrogen-bond acceptors (Lipinski definition) is 1. The Balaban J connectivity index is 2.91. The molecule has 0 amide bonds. The van der Waals surface area contributed by atoms with E-state index in [1.807, 2.05) is 0 Å². The van der Waals surface area contributed by atoms with E-state index in [2.05, 4.69) is 0 Å². The summed E-state index contributed by atoms with van der Waals surface area (Å²) >= 11 is 0. The van der Waals surface area contributed by atoms with Crippen molar-refractivity contribution in [2.75, 3.05) is 0 Å². The summed E-state index contributed by atoms with van der Waals surface area (Å²) in [6.07, 6.45) is 1.79. The van der Waals surface area contributed by atoms with Gasteiger partial charge in [0.2, 0.25) is 0 Å². The predicted octanol–water partition coefficient (Wildman–Crippen LogP) is 2.15. The summed E-state index contributed by atoms with van der Waals surface area (Å²) in [6, 6.07) is 6.20. The van der Waals surface area contributed by atoms with Crippen LogP contribution in [0.2, 0.25) is 0 Å². The third-order valence-corrected chi connectivity index (χ3v) is 1.26. The molecule has 11 heavy (non-hydrogen) atoms. The molecular formula is C9H10FN. The van der Waals surface area contributed by atoms with Crippen LogP contribution in [0, 0.1) is 5.82 Å². The summed E-state index contributed by atoms with van der Waals surface area (Å²) in [5, 5.41) is 0. The SMILES string of the molecule is C/C(N)=C/c1ccc(F)cc1. The maximum atomic E-state index is 12.4. The molecule has 1 aromatic rings. The van der Waals surface area contributed by atoms with Crippen LogP contribution in [-0.2, 0) is 0 Å². The van der Waals surface area contributed by atoms with Gasteiger partial charge in [0.25, 0.3) is 0 Å². The number of allylic oxidation sites excluding steroid dienone is 1. The smallest absolute Gasteiger partial charge is 0.123 e. The molecule has 0 unspecified atom stereocenters. The molecule has 0 fully saturated rings. The fourth-order valence-electron chi connectivity index (χ4n) is 0.822. The highest BCUT2D eigenvalue weighted by Crippen LogP contribution is 2.05. The van der Waals surface area contributed by atoms with E-state index in [0.717, 1.165) is 11.3 Å². The lowest BCUT2D eigenvalue weighted by Gasteiger charge is -1.93. The van der Waals surface area contributed by atoms with Gasteiger partial charge in [-0.15, -0.1) is 0 Å². The summed E-state index contributed by atoms with van der Waals surface area (Å²) < 4.78 is 12.4. The maximum Gasteiger partial charge on any atom is 0.123 e. The van der Waals surface area contributed by atoms with Gasteiger partial charge < -0.3 is 5.73 Å². The van der Waals surface area contributed by atoms with E-state index in [0.29, 0.717) is 0 Å². The number of hydrogen-bond donors (Lipinski definition) is 1. The van der Waals surface area contributed by atoms with E-state index in [1.165, 1.54) is 12.1 Å². The summed E-state index contributed by atoms with van der Waals surface area (Å²) in [5.41, 5.74) is 7.07. The average molecular weight is 151 g/mol. The molecule has 58 valence electrons. The Kier molecular flexibility index (Phi) is 2.26. The van der Waals surface area contributed by atoms with Gasteiger partial charge in [0.05, 0.1) is 0 Å². The molecule has 1 rings (SSSR count).